The van der Waals surface area contributed by atoms with Crippen LogP contribution in [0.4, 0.5) is 0 Å². The zero-order valence-electron chi connectivity index (χ0n) is 15.6. The van der Waals surface area contributed by atoms with Crippen molar-refractivity contribution >= 4 is 17.2 Å². The number of likely N-dealkylation sites (tertiary alicyclic amines) is 1. The maximum atomic E-state index is 12.7. The molecule has 2 aromatic heterocycles. The van der Waals surface area contributed by atoms with Gasteiger partial charge >= 0.3 is 0 Å². The van der Waals surface area contributed by atoms with Crippen molar-refractivity contribution in [3.8, 4) is 17.0 Å². The lowest BCUT2D eigenvalue weighted by atomic mass is 10.0. The minimum absolute atomic E-state index is 0.0912. The molecule has 0 radical (unpaired) electrons. The van der Waals surface area contributed by atoms with Gasteiger partial charge < -0.3 is 18.9 Å². The summed E-state index contributed by atoms with van der Waals surface area (Å²) in [6.07, 6.45) is 2.74. The van der Waals surface area contributed by atoms with E-state index in [1.165, 1.54) is 0 Å². The van der Waals surface area contributed by atoms with Gasteiger partial charge in [0.25, 0.3) is 5.91 Å². The van der Waals surface area contributed by atoms with Gasteiger partial charge in [-0.1, -0.05) is 0 Å². The van der Waals surface area contributed by atoms with Crippen LogP contribution in [0.15, 0.2) is 47.3 Å². The number of carbonyl (C=O) groups excluding carboxylic acids is 1. The predicted molar refractivity (Wildman–Crippen MR) is 107 cm³/mol. The van der Waals surface area contributed by atoms with Gasteiger partial charge in [-0.25, -0.2) is 4.98 Å². The Kier molecular flexibility index (Phi) is 4.21. The van der Waals surface area contributed by atoms with E-state index >= 15 is 0 Å². The Morgan fingerprint density at radius 2 is 2.11 bits per heavy atom. The molecule has 5 rings (SSSR count). The van der Waals surface area contributed by atoms with Gasteiger partial charge in [-0.2, -0.15) is 11.3 Å². The molecule has 4 heterocycles. The molecule has 1 saturated heterocycles. The fourth-order valence-corrected chi connectivity index (χ4v) is 4.71. The number of benzene rings is 1. The molecule has 144 valence electrons. The van der Waals surface area contributed by atoms with E-state index in [1.54, 1.807) is 18.4 Å². The van der Waals surface area contributed by atoms with Crippen LogP contribution in [0.1, 0.15) is 22.6 Å². The lowest BCUT2D eigenvalue weighted by molar-refractivity contribution is -0.0804. The number of imidazole rings is 1. The second-order valence-corrected chi connectivity index (χ2v) is 8.11. The molecule has 1 aromatic carbocycles. The summed E-state index contributed by atoms with van der Waals surface area (Å²) >= 11 is 1.55. The van der Waals surface area contributed by atoms with Crippen LogP contribution in [0.5, 0.6) is 5.75 Å². The summed E-state index contributed by atoms with van der Waals surface area (Å²) in [6.45, 7) is 2.51. The molecule has 1 spiro atoms. The molecule has 3 aromatic rings. The number of fused-ring (bicyclic) bond motifs is 1. The van der Waals surface area contributed by atoms with Gasteiger partial charge in [0.2, 0.25) is 0 Å². The van der Waals surface area contributed by atoms with E-state index < -0.39 is 0 Å². The number of hydrogen-bond donors (Lipinski definition) is 0. The molecule has 6 nitrogen and oxygen atoms in total. The van der Waals surface area contributed by atoms with Crippen LogP contribution >= 0.6 is 11.3 Å². The summed E-state index contributed by atoms with van der Waals surface area (Å²) in [4.78, 5) is 19.2. The summed E-state index contributed by atoms with van der Waals surface area (Å²) in [5.74, 6) is 1.85. The van der Waals surface area contributed by atoms with Crippen LogP contribution in [0, 0.1) is 0 Å². The van der Waals surface area contributed by atoms with Crippen molar-refractivity contribution in [1.29, 1.82) is 0 Å². The Bertz CT molecular complexity index is 997. The van der Waals surface area contributed by atoms with Crippen molar-refractivity contribution in [2.45, 2.75) is 25.2 Å². The van der Waals surface area contributed by atoms with Crippen LogP contribution in [0.2, 0.25) is 0 Å². The van der Waals surface area contributed by atoms with Crippen LogP contribution in [-0.4, -0.2) is 46.2 Å². The minimum Gasteiger partial charge on any atom is -0.497 e. The zero-order valence-corrected chi connectivity index (χ0v) is 16.4. The summed E-state index contributed by atoms with van der Waals surface area (Å²) < 4.78 is 13.7. The Morgan fingerprint density at radius 1 is 1.25 bits per heavy atom. The maximum absolute atomic E-state index is 12.7. The number of amides is 1. The molecule has 0 saturated carbocycles. The van der Waals surface area contributed by atoms with E-state index in [2.05, 4.69) is 9.55 Å². The van der Waals surface area contributed by atoms with E-state index in [4.69, 9.17) is 9.47 Å². The second kappa shape index (κ2) is 6.76. The molecule has 0 unspecified atom stereocenters. The number of hydrogen-bond acceptors (Lipinski definition) is 5. The first-order valence-corrected chi connectivity index (χ1v) is 10.3. The second-order valence-electron chi connectivity index (χ2n) is 7.33. The molecule has 1 amide bonds. The average molecular weight is 395 g/mol. The summed E-state index contributed by atoms with van der Waals surface area (Å²) in [5.41, 5.74) is 2.59. The molecule has 0 N–H and O–H groups in total. The van der Waals surface area contributed by atoms with Gasteiger partial charge in [-0.05, 0) is 42.1 Å². The zero-order chi connectivity index (χ0) is 19.1. The van der Waals surface area contributed by atoms with Crippen LogP contribution in [-0.2, 0) is 17.9 Å². The van der Waals surface area contributed by atoms with Crippen molar-refractivity contribution in [2.75, 3.05) is 20.2 Å². The molecular formula is C21H21N3O3S. The first-order valence-electron chi connectivity index (χ1n) is 9.32. The fourth-order valence-electron chi connectivity index (χ4n) is 4.08. The first kappa shape index (κ1) is 17.5. The molecular weight excluding hydrogens is 374 g/mol. The normalized spacial score (nSPS) is 21.1. The van der Waals surface area contributed by atoms with Crippen molar-refractivity contribution < 1.29 is 14.3 Å². The quantitative estimate of drug-likeness (QED) is 0.682. The van der Waals surface area contributed by atoms with Gasteiger partial charge in [-0.3, -0.25) is 4.79 Å². The smallest absolute Gasteiger partial charge is 0.254 e. The summed E-state index contributed by atoms with van der Waals surface area (Å²) in [7, 11) is 1.67. The van der Waals surface area contributed by atoms with E-state index in [0.29, 0.717) is 19.7 Å². The molecule has 28 heavy (non-hydrogen) atoms. The van der Waals surface area contributed by atoms with Gasteiger partial charge in [0, 0.05) is 17.5 Å². The number of rotatable bonds is 3. The highest BCUT2D eigenvalue weighted by atomic mass is 32.1. The molecule has 7 heteroatoms. The topological polar surface area (TPSA) is 56.6 Å². The lowest BCUT2D eigenvalue weighted by Crippen LogP contribution is -2.45. The Labute approximate surface area is 167 Å². The van der Waals surface area contributed by atoms with Crippen LogP contribution < -0.4 is 4.74 Å². The van der Waals surface area contributed by atoms with Gasteiger partial charge in [-0.15, -0.1) is 0 Å². The highest BCUT2D eigenvalue weighted by Gasteiger charge is 2.44. The van der Waals surface area contributed by atoms with Crippen molar-refractivity contribution in [3.05, 3.63) is 58.7 Å². The van der Waals surface area contributed by atoms with Crippen LogP contribution in [0.25, 0.3) is 11.3 Å². The highest BCUT2D eigenvalue weighted by molar-refractivity contribution is 7.08. The van der Waals surface area contributed by atoms with E-state index in [1.807, 2.05) is 52.2 Å². The number of nitrogens with zero attached hydrogens (tertiary/aromatic N) is 3. The van der Waals surface area contributed by atoms with Gasteiger partial charge in [0.05, 0.1) is 37.7 Å². The number of thiophene rings is 1. The molecule has 2 aliphatic rings. The molecule has 0 bridgehead atoms. The van der Waals surface area contributed by atoms with Crippen molar-refractivity contribution in [3.63, 3.8) is 0 Å². The molecule has 1 atom stereocenters. The third-order valence-electron chi connectivity index (χ3n) is 5.65. The summed E-state index contributed by atoms with van der Waals surface area (Å²) in [5, 5.41) is 3.85. The van der Waals surface area contributed by atoms with Gasteiger partial charge in [0.1, 0.15) is 23.8 Å². The van der Waals surface area contributed by atoms with E-state index in [0.717, 1.165) is 41.4 Å². The third-order valence-corrected chi connectivity index (χ3v) is 6.33. The average Bonchev–Trinajstić information content (AvgIpc) is 3.48. The molecule has 1 fully saturated rings. The Hall–Kier alpha value is -2.64. The van der Waals surface area contributed by atoms with Crippen LogP contribution in [0.3, 0.4) is 0 Å². The number of methoxy groups -OCH3 is 1. The predicted octanol–water partition coefficient (Wildman–Crippen LogP) is 3.44. The largest absolute Gasteiger partial charge is 0.497 e. The van der Waals surface area contributed by atoms with E-state index in [9.17, 15) is 4.79 Å². The fraction of sp³-hybridized carbons (Fsp3) is 0.333. The molecule has 0 aliphatic carbocycles. The number of carbonyl (C=O) groups is 1. The lowest BCUT2D eigenvalue weighted by Gasteiger charge is -2.35. The SMILES string of the molecule is COc1ccc(-c2cnc3n2C[C@]2(CCN(C(=O)c4ccsc4)C2)OC3)cc1. The number of ether oxygens (including phenoxy) is 2. The van der Waals surface area contributed by atoms with Crippen molar-refractivity contribution in [2.24, 2.45) is 0 Å². The monoisotopic (exact) mass is 395 g/mol. The van der Waals surface area contributed by atoms with E-state index in [-0.39, 0.29) is 11.5 Å². The molecule has 2 aliphatic heterocycles. The summed E-state index contributed by atoms with van der Waals surface area (Å²) in [6, 6.07) is 9.90. The standard InChI is InChI=1S/C21H21N3O3S/c1-26-17-4-2-15(3-5-17)18-10-22-19-11-27-21(14-24(18)19)7-8-23(13-21)20(25)16-6-9-28-12-16/h2-6,9-10,12H,7-8,11,13-14H2,1H3/t21-/m1/s1. The highest BCUT2D eigenvalue weighted by Crippen LogP contribution is 2.36. The third kappa shape index (κ3) is 2.91. The Morgan fingerprint density at radius 3 is 2.86 bits per heavy atom. The van der Waals surface area contributed by atoms with Crippen molar-refractivity contribution in [1.82, 2.24) is 14.5 Å². The Balaban J connectivity index is 1.39. The number of aromatic nitrogens is 2. The van der Waals surface area contributed by atoms with Gasteiger partial charge in [0.15, 0.2) is 0 Å². The first-order chi connectivity index (χ1) is 13.7. The minimum atomic E-state index is -0.347. The maximum Gasteiger partial charge on any atom is 0.254 e.